The molecule has 0 aliphatic carbocycles. The normalized spacial score (nSPS) is 20.7. The largest absolute Gasteiger partial charge is 0.346 e. The summed E-state index contributed by atoms with van der Waals surface area (Å²) in [6, 6.07) is -0.0715. The Morgan fingerprint density at radius 3 is 3.12 bits per heavy atom. The summed E-state index contributed by atoms with van der Waals surface area (Å²) in [5, 5.41) is 9.62. The van der Waals surface area contributed by atoms with Gasteiger partial charge in [-0.2, -0.15) is 4.98 Å². The minimum absolute atomic E-state index is 0.00977. The summed E-state index contributed by atoms with van der Waals surface area (Å²) in [6.45, 7) is 2.97. The molecule has 1 fully saturated rings. The van der Waals surface area contributed by atoms with E-state index >= 15 is 0 Å². The van der Waals surface area contributed by atoms with Crippen LogP contribution in [-0.4, -0.2) is 28.6 Å². The van der Waals surface area contributed by atoms with Gasteiger partial charge in [-0.1, -0.05) is 11.6 Å². The highest BCUT2D eigenvalue weighted by atomic mass is 16.5. The van der Waals surface area contributed by atoms with Gasteiger partial charge in [-0.25, -0.2) is 0 Å². The molecule has 0 unspecified atom stereocenters. The third kappa shape index (κ3) is 2.79. The van der Waals surface area contributed by atoms with Crippen LogP contribution in [0.2, 0.25) is 0 Å². The van der Waals surface area contributed by atoms with Gasteiger partial charge in [-0.15, -0.1) is 0 Å². The molecule has 1 atom stereocenters. The zero-order valence-electron chi connectivity index (χ0n) is 9.32. The fourth-order valence-electron chi connectivity index (χ4n) is 1.77. The second kappa shape index (κ2) is 5.07. The number of piperidine rings is 1. The van der Waals surface area contributed by atoms with Crippen molar-refractivity contribution in [3.63, 3.8) is 0 Å². The lowest BCUT2D eigenvalue weighted by Crippen LogP contribution is -2.46. The monoisotopic (exact) mass is 224 g/mol. The van der Waals surface area contributed by atoms with Crippen LogP contribution < -0.4 is 10.6 Å². The minimum atomic E-state index is -0.0715. The average molecular weight is 224 g/mol. The topological polar surface area (TPSA) is 80.0 Å². The van der Waals surface area contributed by atoms with E-state index in [1.165, 1.54) is 0 Å². The molecular weight excluding hydrogens is 208 g/mol. The summed E-state index contributed by atoms with van der Waals surface area (Å²) in [7, 11) is 0. The smallest absolute Gasteiger partial charge is 0.246 e. The third-order valence-electron chi connectivity index (χ3n) is 2.61. The first-order valence-electron chi connectivity index (χ1n) is 5.56. The van der Waals surface area contributed by atoms with Crippen molar-refractivity contribution >= 4 is 5.91 Å². The molecule has 0 saturated carbocycles. The molecule has 1 aromatic rings. The van der Waals surface area contributed by atoms with Crippen molar-refractivity contribution in [1.82, 2.24) is 20.8 Å². The predicted molar refractivity (Wildman–Crippen MR) is 56.5 cm³/mol. The third-order valence-corrected chi connectivity index (χ3v) is 2.61. The Kier molecular flexibility index (Phi) is 3.51. The lowest BCUT2D eigenvalue weighted by atomic mass is 10.0. The number of carbonyl (C=O) groups excluding carboxylic acids is 1. The van der Waals surface area contributed by atoms with Gasteiger partial charge in [0.05, 0.1) is 12.6 Å². The second-order valence-corrected chi connectivity index (χ2v) is 3.96. The lowest BCUT2D eigenvalue weighted by Gasteiger charge is -2.22. The fraction of sp³-hybridized carbons (Fsp3) is 0.700. The van der Waals surface area contributed by atoms with E-state index in [1.54, 1.807) is 6.92 Å². The summed E-state index contributed by atoms with van der Waals surface area (Å²) >= 11 is 0. The average Bonchev–Trinajstić information content (AvgIpc) is 2.73. The van der Waals surface area contributed by atoms with E-state index in [1.807, 2.05) is 0 Å². The van der Waals surface area contributed by atoms with Crippen molar-refractivity contribution < 1.29 is 9.32 Å². The van der Waals surface area contributed by atoms with Crippen LogP contribution in [0.15, 0.2) is 4.52 Å². The van der Waals surface area contributed by atoms with Crippen LogP contribution >= 0.6 is 0 Å². The van der Waals surface area contributed by atoms with Crippen LogP contribution in [0.25, 0.3) is 0 Å². The molecule has 2 N–H and O–H groups in total. The Balaban J connectivity index is 1.78. The van der Waals surface area contributed by atoms with Crippen molar-refractivity contribution in [2.75, 3.05) is 6.54 Å². The first-order chi connectivity index (χ1) is 7.75. The zero-order valence-corrected chi connectivity index (χ0v) is 9.32. The number of amides is 1. The number of rotatable bonds is 3. The predicted octanol–water partition coefficient (Wildman–Crippen LogP) is 0.136. The Morgan fingerprint density at radius 1 is 1.62 bits per heavy atom. The van der Waals surface area contributed by atoms with Gasteiger partial charge in [0.2, 0.25) is 11.8 Å². The Bertz CT molecular complexity index is 357. The van der Waals surface area contributed by atoms with E-state index < -0.39 is 0 Å². The highest BCUT2D eigenvalue weighted by molar-refractivity contribution is 5.81. The molecule has 0 bridgehead atoms. The molecule has 2 heterocycles. The summed E-state index contributed by atoms with van der Waals surface area (Å²) < 4.78 is 4.91. The van der Waals surface area contributed by atoms with Gasteiger partial charge >= 0.3 is 0 Å². The van der Waals surface area contributed by atoms with Crippen molar-refractivity contribution in [2.24, 2.45) is 0 Å². The maximum atomic E-state index is 11.7. The van der Waals surface area contributed by atoms with Crippen LogP contribution in [0.4, 0.5) is 0 Å². The van der Waals surface area contributed by atoms with Crippen LogP contribution in [-0.2, 0) is 11.3 Å². The van der Waals surface area contributed by atoms with E-state index in [0.717, 1.165) is 25.8 Å². The maximum Gasteiger partial charge on any atom is 0.246 e. The molecule has 16 heavy (non-hydrogen) atoms. The Morgan fingerprint density at radius 2 is 2.50 bits per heavy atom. The molecule has 1 aliphatic rings. The van der Waals surface area contributed by atoms with Gasteiger partial charge in [0.25, 0.3) is 0 Å². The second-order valence-electron chi connectivity index (χ2n) is 3.96. The zero-order chi connectivity index (χ0) is 11.4. The van der Waals surface area contributed by atoms with Crippen molar-refractivity contribution in [3.05, 3.63) is 11.7 Å². The van der Waals surface area contributed by atoms with E-state index in [2.05, 4.69) is 20.8 Å². The SMILES string of the molecule is Cc1noc(CNC(=O)[C@@H]2CCCCN2)n1. The lowest BCUT2D eigenvalue weighted by molar-refractivity contribution is -0.123. The highest BCUT2D eigenvalue weighted by Gasteiger charge is 2.20. The molecule has 88 valence electrons. The number of nitrogens with one attached hydrogen (secondary N) is 2. The molecular formula is C10H16N4O2. The molecule has 1 aliphatic heterocycles. The first-order valence-corrected chi connectivity index (χ1v) is 5.56. The van der Waals surface area contributed by atoms with Crippen LogP contribution in [0, 0.1) is 6.92 Å². The van der Waals surface area contributed by atoms with Crippen LogP contribution in [0.1, 0.15) is 31.0 Å². The quantitative estimate of drug-likeness (QED) is 0.763. The molecule has 0 radical (unpaired) electrons. The molecule has 1 aromatic heterocycles. The summed E-state index contributed by atoms with van der Waals surface area (Å²) in [5.74, 6) is 1.04. The number of hydrogen-bond donors (Lipinski definition) is 2. The van der Waals surface area contributed by atoms with Gasteiger partial charge in [0.1, 0.15) is 0 Å². The maximum absolute atomic E-state index is 11.7. The van der Waals surface area contributed by atoms with Gasteiger partial charge in [0, 0.05) is 0 Å². The van der Waals surface area contributed by atoms with Gasteiger partial charge < -0.3 is 15.2 Å². The Labute approximate surface area is 93.8 Å². The Hall–Kier alpha value is -1.43. The number of carbonyl (C=O) groups is 1. The van der Waals surface area contributed by atoms with E-state index in [4.69, 9.17) is 4.52 Å². The van der Waals surface area contributed by atoms with E-state index in [0.29, 0.717) is 18.3 Å². The summed E-state index contributed by atoms with van der Waals surface area (Å²) in [5.41, 5.74) is 0. The number of aromatic nitrogens is 2. The van der Waals surface area contributed by atoms with Crippen LogP contribution in [0.3, 0.4) is 0 Å². The molecule has 1 saturated heterocycles. The van der Waals surface area contributed by atoms with Gasteiger partial charge in [0.15, 0.2) is 5.82 Å². The van der Waals surface area contributed by atoms with Gasteiger partial charge in [-0.05, 0) is 26.3 Å². The van der Waals surface area contributed by atoms with E-state index in [9.17, 15) is 4.79 Å². The molecule has 6 nitrogen and oxygen atoms in total. The molecule has 1 amide bonds. The number of aryl methyl sites for hydroxylation is 1. The van der Waals surface area contributed by atoms with Crippen molar-refractivity contribution in [2.45, 2.75) is 38.8 Å². The van der Waals surface area contributed by atoms with Crippen LogP contribution in [0.5, 0.6) is 0 Å². The molecule has 2 rings (SSSR count). The number of nitrogens with zero attached hydrogens (tertiary/aromatic N) is 2. The molecule has 0 aromatic carbocycles. The van der Waals surface area contributed by atoms with Crippen molar-refractivity contribution in [1.29, 1.82) is 0 Å². The minimum Gasteiger partial charge on any atom is -0.346 e. The van der Waals surface area contributed by atoms with E-state index in [-0.39, 0.29) is 11.9 Å². The van der Waals surface area contributed by atoms with Crippen molar-refractivity contribution in [3.8, 4) is 0 Å². The summed E-state index contributed by atoms with van der Waals surface area (Å²) in [6.07, 6.45) is 3.14. The highest BCUT2D eigenvalue weighted by Crippen LogP contribution is 2.07. The number of hydrogen-bond acceptors (Lipinski definition) is 5. The standard InChI is InChI=1S/C10H16N4O2/c1-7-13-9(16-14-7)6-12-10(15)8-4-2-3-5-11-8/h8,11H,2-6H2,1H3,(H,12,15)/t8-/m0/s1. The summed E-state index contributed by atoms with van der Waals surface area (Å²) in [4.78, 5) is 15.7. The molecule has 0 spiro atoms. The molecule has 6 heteroatoms. The fourth-order valence-corrected chi connectivity index (χ4v) is 1.77. The first kappa shape index (κ1) is 11.1. The van der Waals surface area contributed by atoms with Gasteiger partial charge in [-0.3, -0.25) is 4.79 Å².